The molecule has 5 heteroatoms. The summed E-state index contributed by atoms with van der Waals surface area (Å²) in [4.78, 5) is 16.4. The van der Waals surface area contributed by atoms with Gasteiger partial charge in [-0.3, -0.25) is 4.79 Å². The van der Waals surface area contributed by atoms with Crippen LogP contribution in [0.1, 0.15) is 29.9 Å². The zero-order valence-corrected chi connectivity index (χ0v) is 12.3. The van der Waals surface area contributed by atoms with E-state index in [4.69, 9.17) is 4.74 Å². The van der Waals surface area contributed by atoms with Crippen LogP contribution in [-0.2, 0) is 17.8 Å². The van der Waals surface area contributed by atoms with E-state index in [0.717, 1.165) is 30.2 Å². The molecule has 1 N–H and O–H groups in total. The van der Waals surface area contributed by atoms with Crippen molar-refractivity contribution in [2.75, 3.05) is 6.61 Å². The predicted molar refractivity (Wildman–Crippen MR) is 79.2 cm³/mol. The highest BCUT2D eigenvalue weighted by Gasteiger charge is 2.16. The van der Waals surface area contributed by atoms with Gasteiger partial charge in [0.1, 0.15) is 17.6 Å². The van der Waals surface area contributed by atoms with Gasteiger partial charge < -0.3 is 14.6 Å². The molecule has 1 aromatic heterocycles. The summed E-state index contributed by atoms with van der Waals surface area (Å²) in [6.45, 7) is 5.05. The average molecular weight is 285 g/mol. The maximum Gasteiger partial charge on any atom is 0.243 e. The van der Waals surface area contributed by atoms with Crippen LogP contribution < -0.4 is 10.1 Å². The summed E-state index contributed by atoms with van der Waals surface area (Å²) in [5, 5.41) is 2.98. The van der Waals surface area contributed by atoms with Gasteiger partial charge in [-0.25, -0.2) is 4.98 Å². The van der Waals surface area contributed by atoms with Crippen molar-refractivity contribution in [3.63, 3.8) is 0 Å². The maximum absolute atomic E-state index is 12.2. The van der Waals surface area contributed by atoms with Crippen molar-refractivity contribution < 1.29 is 9.53 Å². The molecule has 0 aliphatic carbocycles. The molecule has 1 aliphatic rings. The van der Waals surface area contributed by atoms with Crippen LogP contribution in [0, 0.1) is 6.92 Å². The highest BCUT2D eigenvalue weighted by Crippen LogP contribution is 2.25. The Morgan fingerprint density at radius 2 is 2.38 bits per heavy atom. The lowest BCUT2D eigenvalue weighted by atomic mass is 10.1. The third-order valence-electron chi connectivity index (χ3n) is 3.88. The molecule has 0 fully saturated rings. The molecule has 0 saturated heterocycles. The number of benzene rings is 1. The lowest BCUT2D eigenvalue weighted by molar-refractivity contribution is -0.124. The first-order valence-electron chi connectivity index (χ1n) is 7.17. The molecule has 0 bridgehead atoms. The van der Waals surface area contributed by atoms with Gasteiger partial charge in [0.25, 0.3) is 0 Å². The summed E-state index contributed by atoms with van der Waals surface area (Å²) in [5.74, 6) is 1.80. The van der Waals surface area contributed by atoms with E-state index in [2.05, 4.69) is 16.4 Å². The first-order chi connectivity index (χ1) is 10.1. The molecule has 110 valence electrons. The average Bonchev–Trinajstić information content (AvgIpc) is 3.11. The number of carbonyl (C=O) groups is 1. The minimum atomic E-state index is -0.259. The standard InChI is InChI=1S/C16H19N3O2/c1-11(19-7-6-17-12(19)2)16(20)18-10-13-3-4-15-14(9-13)5-8-21-15/h3-4,6-7,9,11H,5,8,10H2,1-2H3,(H,18,20). The van der Waals surface area contributed by atoms with Gasteiger partial charge in [-0.05, 0) is 31.0 Å². The topological polar surface area (TPSA) is 56.2 Å². The molecule has 1 unspecified atom stereocenters. The van der Waals surface area contributed by atoms with E-state index >= 15 is 0 Å². The number of amides is 1. The van der Waals surface area contributed by atoms with Crippen molar-refractivity contribution in [1.82, 2.24) is 14.9 Å². The highest BCUT2D eigenvalue weighted by molar-refractivity contribution is 5.79. The van der Waals surface area contributed by atoms with Gasteiger partial charge in [0, 0.05) is 25.4 Å². The molecule has 1 amide bonds. The molecular weight excluding hydrogens is 266 g/mol. The molecule has 2 aromatic rings. The lowest BCUT2D eigenvalue weighted by Gasteiger charge is -2.15. The fraction of sp³-hybridized carbons (Fsp3) is 0.375. The molecule has 5 nitrogen and oxygen atoms in total. The van der Waals surface area contributed by atoms with E-state index < -0.39 is 0 Å². The zero-order chi connectivity index (χ0) is 14.8. The van der Waals surface area contributed by atoms with Gasteiger partial charge in [-0.1, -0.05) is 12.1 Å². The molecule has 3 rings (SSSR count). The second-order valence-electron chi connectivity index (χ2n) is 5.32. The number of fused-ring (bicyclic) bond motifs is 1. The van der Waals surface area contributed by atoms with Gasteiger partial charge in [0.2, 0.25) is 5.91 Å². The van der Waals surface area contributed by atoms with Crippen molar-refractivity contribution in [1.29, 1.82) is 0 Å². The number of hydrogen-bond donors (Lipinski definition) is 1. The van der Waals surface area contributed by atoms with Crippen LogP contribution in [0.2, 0.25) is 0 Å². The third-order valence-corrected chi connectivity index (χ3v) is 3.88. The third kappa shape index (κ3) is 2.77. The number of ether oxygens (including phenoxy) is 1. The zero-order valence-electron chi connectivity index (χ0n) is 12.3. The largest absolute Gasteiger partial charge is 0.493 e. The number of aromatic nitrogens is 2. The quantitative estimate of drug-likeness (QED) is 0.935. The summed E-state index contributed by atoms with van der Waals surface area (Å²) < 4.78 is 7.35. The monoisotopic (exact) mass is 285 g/mol. The lowest BCUT2D eigenvalue weighted by Crippen LogP contribution is -2.30. The van der Waals surface area contributed by atoms with Crippen molar-refractivity contribution in [3.05, 3.63) is 47.5 Å². The summed E-state index contributed by atoms with van der Waals surface area (Å²) in [7, 11) is 0. The minimum absolute atomic E-state index is 0.00662. The summed E-state index contributed by atoms with van der Waals surface area (Å²) >= 11 is 0. The van der Waals surface area contributed by atoms with Crippen LogP contribution in [0.15, 0.2) is 30.6 Å². The number of rotatable bonds is 4. The normalized spacial score (nSPS) is 14.4. The van der Waals surface area contributed by atoms with Crippen molar-refractivity contribution in [2.45, 2.75) is 32.9 Å². The number of hydrogen-bond acceptors (Lipinski definition) is 3. The minimum Gasteiger partial charge on any atom is -0.493 e. The summed E-state index contributed by atoms with van der Waals surface area (Å²) in [6, 6.07) is 5.82. The van der Waals surface area contributed by atoms with E-state index in [1.807, 2.05) is 36.7 Å². The van der Waals surface area contributed by atoms with E-state index in [1.54, 1.807) is 6.20 Å². The Labute approximate surface area is 124 Å². The van der Waals surface area contributed by atoms with E-state index in [0.29, 0.717) is 6.54 Å². The summed E-state index contributed by atoms with van der Waals surface area (Å²) in [5.41, 5.74) is 2.32. The van der Waals surface area contributed by atoms with Crippen LogP contribution in [0.3, 0.4) is 0 Å². The fourth-order valence-corrected chi connectivity index (χ4v) is 2.61. The van der Waals surface area contributed by atoms with Gasteiger partial charge in [-0.15, -0.1) is 0 Å². The maximum atomic E-state index is 12.2. The molecule has 2 heterocycles. The Bertz CT molecular complexity index is 663. The molecule has 0 saturated carbocycles. The molecule has 1 aliphatic heterocycles. The van der Waals surface area contributed by atoms with Gasteiger partial charge in [0.05, 0.1) is 6.61 Å². The number of nitrogens with zero attached hydrogens (tertiary/aromatic N) is 2. The molecular formula is C16H19N3O2. The Morgan fingerprint density at radius 1 is 1.52 bits per heavy atom. The van der Waals surface area contributed by atoms with Crippen molar-refractivity contribution in [2.24, 2.45) is 0 Å². The second kappa shape index (κ2) is 5.60. The Kier molecular flexibility index (Phi) is 3.64. The van der Waals surface area contributed by atoms with E-state index in [9.17, 15) is 4.79 Å². The smallest absolute Gasteiger partial charge is 0.243 e. The molecule has 1 atom stereocenters. The summed E-state index contributed by atoms with van der Waals surface area (Å²) in [6.07, 6.45) is 4.48. The van der Waals surface area contributed by atoms with Crippen LogP contribution in [0.25, 0.3) is 0 Å². The number of aryl methyl sites for hydroxylation is 1. The molecule has 1 aromatic carbocycles. The Morgan fingerprint density at radius 3 is 3.14 bits per heavy atom. The molecule has 0 radical (unpaired) electrons. The number of nitrogens with one attached hydrogen (secondary N) is 1. The number of imidazole rings is 1. The van der Waals surface area contributed by atoms with Gasteiger partial charge in [-0.2, -0.15) is 0 Å². The van der Waals surface area contributed by atoms with Crippen LogP contribution in [0.5, 0.6) is 5.75 Å². The highest BCUT2D eigenvalue weighted by atomic mass is 16.5. The second-order valence-corrected chi connectivity index (χ2v) is 5.32. The SMILES string of the molecule is Cc1nccn1C(C)C(=O)NCc1ccc2c(c1)CCO2. The van der Waals surface area contributed by atoms with E-state index in [1.165, 1.54) is 5.56 Å². The fourth-order valence-electron chi connectivity index (χ4n) is 2.61. The molecule has 0 spiro atoms. The first kappa shape index (κ1) is 13.7. The van der Waals surface area contributed by atoms with Crippen molar-refractivity contribution >= 4 is 5.91 Å². The van der Waals surface area contributed by atoms with E-state index in [-0.39, 0.29) is 11.9 Å². The Balaban J connectivity index is 1.62. The van der Waals surface area contributed by atoms with Crippen LogP contribution in [-0.4, -0.2) is 22.1 Å². The Hall–Kier alpha value is -2.30. The van der Waals surface area contributed by atoms with Gasteiger partial charge >= 0.3 is 0 Å². The van der Waals surface area contributed by atoms with Crippen LogP contribution >= 0.6 is 0 Å². The van der Waals surface area contributed by atoms with Crippen LogP contribution in [0.4, 0.5) is 0 Å². The molecule has 21 heavy (non-hydrogen) atoms. The van der Waals surface area contributed by atoms with Crippen molar-refractivity contribution in [3.8, 4) is 5.75 Å². The van der Waals surface area contributed by atoms with Gasteiger partial charge in [0.15, 0.2) is 0 Å². The first-order valence-corrected chi connectivity index (χ1v) is 7.17. The predicted octanol–water partition coefficient (Wildman–Crippen LogP) is 2.00. The number of carbonyl (C=O) groups excluding carboxylic acids is 1.